The lowest BCUT2D eigenvalue weighted by molar-refractivity contribution is 0.0697. The summed E-state index contributed by atoms with van der Waals surface area (Å²) in [5.41, 5.74) is 1.48. The fourth-order valence-corrected chi connectivity index (χ4v) is 1.71. The fraction of sp³-hybridized carbons (Fsp3) is 0.200. The van der Waals surface area contributed by atoms with Gasteiger partial charge >= 0.3 is 12.1 Å². The quantitative estimate of drug-likeness (QED) is 0.730. The van der Waals surface area contributed by atoms with Gasteiger partial charge in [-0.3, -0.25) is 4.90 Å². The molecule has 0 saturated carbocycles. The number of carboxylic acids is 1. The molecular weight excluding hydrogens is 198 g/mol. The van der Waals surface area contributed by atoms with E-state index in [1.54, 1.807) is 6.07 Å². The molecule has 78 valence electrons. The van der Waals surface area contributed by atoms with Crippen LogP contribution in [0.3, 0.4) is 0 Å². The first-order chi connectivity index (χ1) is 7.09. The van der Waals surface area contributed by atoms with Crippen molar-refractivity contribution in [2.24, 2.45) is 0 Å². The number of aromatic carboxylic acids is 1. The maximum atomic E-state index is 10.8. The van der Waals surface area contributed by atoms with Gasteiger partial charge in [0, 0.05) is 6.54 Å². The molecule has 1 aromatic rings. The maximum absolute atomic E-state index is 10.8. The number of anilines is 1. The second-order valence-corrected chi connectivity index (χ2v) is 3.33. The molecule has 1 aliphatic rings. The van der Waals surface area contributed by atoms with Crippen LogP contribution < -0.4 is 4.90 Å². The lowest BCUT2D eigenvalue weighted by atomic mass is 10.1. The van der Waals surface area contributed by atoms with Crippen molar-refractivity contribution in [1.82, 2.24) is 0 Å². The highest BCUT2D eigenvalue weighted by molar-refractivity contribution is 5.94. The monoisotopic (exact) mass is 207 g/mol. The summed E-state index contributed by atoms with van der Waals surface area (Å²) >= 11 is 0. The number of carbonyl (C=O) groups is 2. The van der Waals surface area contributed by atoms with E-state index >= 15 is 0 Å². The molecule has 2 N–H and O–H groups in total. The van der Waals surface area contributed by atoms with Crippen molar-refractivity contribution in [2.75, 3.05) is 11.4 Å². The average molecular weight is 207 g/mol. The van der Waals surface area contributed by atoms with Crippen LogP contribution in [-0.2, 0) is 6.42 Å². The largest absolute Gasteiger partial charge is 0.478 e. The molecule has 1 amide bonds. The number of benzene rings is 1. The van der Waals surface area contributed by atoms with Crippen LogP contribution in [0.5, 0.6) is 0 Å². The summed E-state index contributed by atoms with van der Waals surface area (Å²) in [6, 6.07) is 4.56. The smallest absolute Gasteiger partial charge is 0.411 e. The lowest BCUT2D eigenvalue weighted by Gasteiger charge is -2.12. The Bertz CT molecular complexity index is 441. The lowest BCUT2D eigenvalue weighted by Crippen LogP contribution is -2.26. The Morgan fingerprint density at radius 1 is 1.27 bits per heavy atom. The van der Waals surface area contributed by atoms with E-state index in [1.807, 2.05) is 0 Å². The maximum Gasteiger partial charge on any atom is 0.411 e. The summed E-state index contributed by atoms with van der Waals surface area (Å²) in [4.78, 5) is 22.7. The molecule has 0 atom stereocenters. The molecule has 0 radical (unpaired) electrons. The molecule has 15 heavy (non-hydrogen) atoms. The van der Waals surface area contributed by atoms with E-state index in [-0.39, 0.29) is 5.56 Å². The normalized spacial score (nSPS) is 13.7. The SMILES string of the molecule is O=C(O)c1ccc2c(c1)N(C(=O)O)CC2. The third-order valence-electron chi connectivity index (χ3n) is 2.46. The van der Waals surface area contributed by atoms with Crippen LogP contribution in [0.15, 0.2) is 18.2 Å². The Morgan fingerprint density at radius 3 is 2.60 bits per heavy atom. The predicted molar refractivity (Wildman–Crippen MR) is 52.5 cm³/mol. The minimum Gasteiger partial charge on any atom is -0.478 e. The first-order valence-electron chi connectivity index (χ1n) is 4.46. The third-order valence-corrected chi connectivity index (χ3v) is 2.46. The van der Waals surface area contributed by atoms with Crippen LogP contribution in [0.2, 0.25) is 0 Å². The molecule has 0 aliphatic carbocycles. The minimum atomic E-state index is -1.05. The highest BCUT2D eigenvalue weighted by Gasteiger charge is 2.24. The van der Waals surface area contributed by atoms with Crippen LogP contribution in [0, 0.1) is 0 Å². The standard InChI is InChI=1S/C10H9NO4/c12-9(13)7-2-1-6-3-4-11(10(14)15)8(6)5-7/h1-2,5H,3-4H2,(H,12,13)(H,14,15). The second kappa shape index (κ2) is 3.27. The van der Waals surface area contributed by atoms with Gasteiger partial charge in [0.05, 0.1) is 11.3 Å². The van der Waals surface area contributed by atoms with Crippen molar-refractivity contribution >= 4 is 17.7 Å². The van der Waals surface area contributed by atoms with Crippen molar-refractivity contribution in [2.45, 2.75) is 6.42 Å². The molecule has 0 unspecified atom stereocenters. The highest BCUT2D eigenvalue weighted by Crippen LogP contribution is 2.28. The summed E-state index contributed by atoms with van der Waals surface area (Å²) < 4.78 is 0. The highest BCUT2D eigenvalue weighted by atomic mass is 16.4. The molecule has 0 bridgehead atoms. The van der Waals surface area contributed by atoms with E-state index in [4.69, 9.17) is 10.2 Å². The second-order valence-electron chi connectivity index (χ2n) is 3.33. The Labute approximate surface area is 85.6 Å². The van der Waals surface area contributed by atoms with E-state index < -0.39 is 12.1 Å². The number of carboxylic acid groups (broad SMARTS) is 2. The van der Waals surface area contributed by atoms with E-state index in [0.29, 0.717) is 18.7 Å². The molecule has 5 heteroatoms. The Balaban J connectivity index is 2.46. The first-order valence-corrected chi connectivity index (χ1v) is 4.46. The van der Waals surface area contributed by atoms with Crippen molar-refractivity contribution < 1.29 is 19.8 Å². The van der Waals surface area contributed by atoms with Gasteiger partial charge in [0.2, 0.25) is 0 Å². The summed E-state index contributed by atoms with van der Waals surface area (Å²) in [5.74, 6) is -1.05. The summed E-state index contributed by atoms with van der Waals surface area (Å²) in [6.07, 6.45) is -0.405. The molecule has 2 rings (SSSR count). The molecule has 0 aromatic heterocycles. The van der Waals surface area contributed by atoms with E-state index in [2.05, 4.69) is 0 Å². The van der Waals surface area contributed by atoms with Gasteiger partial charge in [-0.25, -0.2) is 9.59 Å². The van der Waals surface area contributed by atoms with E-state index in [9.17, 15) is 9.59 Å². The summed E-state index contributed by atoms with van der Waals surface area (Å²) in [5, 5.41) is 17.6. The summed E-state index contributed by atoms with van der Waals surface area (Å²) in [6.45, 7) is 0.397. The number of nitrogens with zero attached hydrogens (tertiary/aromatic N) is 1. The molecule has 0 saturated heterocycles. The van der Waals surface area contributed by atoms with Crippen molar-refractivity contribution in [3.8, 4) is 0 Å². The van der Waals surface area contributed by atoms with Gasteiger partial charge in [-0.2, -0.15) is 0 Å². The topological polar surface area (TPSA) is 77.8 Å². The van der Waals surface area contributed by atoms with Gasteiger partial charge in [-0.1, -0.05) is 6.07 Å². The van der Waals surface area contributed by atoms with E-state index in [0.717, 1.165) is 5.56 Å². The minimum absolute atomic E-state index is 0.113. The van der Waals surface area contributed by atoms with Gasteiger partial charge < -0.3 is 10.2 Å². The molecular formula is C10H9NO4. The Hall–Kier alpha value is -2.04. The van der Waals surface area contributed by atoms with Gasteiger partial charge in [0.1, 0.15) is 0 Å². The zero-order valence-electron chi connectivity index (χ0n) is 7.80. The molecule has 1 aliphatic heterocycles. The predicted octanol–water partition coefficient (Wildman–Crippen LogP) is 1.43. The van der Waals surface area contributed by atoms with E-state index in [1.165, 1.54) is 17.0 Å². The van der Waals surface area contributed by atoms with Crippen molar-refractivity contribution in [3.05, 3.63) is 29.3 Å². The molecule has 5 nitrogen and oxygen atoms in total. The van der Waals surface area contributed by atoms with Crippen LogP contribution in [0.4, 0.5) is 10.5 Å². The summed E-state index contributed by atoms with van der Waals surface area (Å²) in [7, 11) is 0. The zero-order valence-corrected chi connectivity index (χ0v) is 7.80. The fourth-order valence-electron chi connectivity index (χ4n) is 1.71. The van der Waals surface area contributed by atoms with Gasteiger partial charge in [-0.05, 0) is 24.1 Å². The Morgan fingerprint density at radius 2 is 2.00 bits per heavy atom. The van der Waals surface area contributed by atoms with Crippen molar-refractivity contribution in [3.63, 3.8) is 0 Å². The molecule has 1 aromatic carbocycles. The number of hydrogen-bond donors (Lipinski definition) is 2. The van der Waals surface area contributed by atoms with Gasteiger partial charge in [-0.15, -0.1) is 0 Å². The first kappa shape index (κ1) is 9.51. The molecule has 1 heterocycles. The Kier molecular flexibility index (Phi) is 2.07. The molecule has 0 spiro atoms. The molecule has 0 fully saturated rings. The zero-order chi connectivity index (χ0) is 11.0. The number of hydrogen-bond acceptors (Lipinski definition) is 2. The van der Waals surface area contributed by atoms with Crippen molar-refractivity contribution in [1.29, 1.82) is 0 Å². The van der Waals surface area contributed by atoms with Crippen LogP contribution >= 0.6 is 0 Å². The van der Waals surface area contributed by atoms with Crippen LogP contribution in [-0.4, -0.2) is 28.8 Å². The van der Waals surface area contributed by atoms with Crippen LogP contribution in [0.25, 0.3) is 0 Å². The van der Waals surface area contributed by atoms with Gasteiger partial charge in [0.15, 0.2) is 0 Å². The number of amides is 1. The third kappa shape index (κ3) is 1.52. The van der Waals surface area contributed by atoms with Crippen LogP contribution in [0.1, 0.15) is 15.9 Å². The van der Waals surface area contributed by atoms with Gasteiger partial charge in [0.25, 0.3) is 0 Å². The number of rotatable bonds is 1. The number of fused-ring (bicyclic) bond motifs is 1. The average Bonchev–Trinajstić information content (AvgIpc) is 2.59.